The van der Waals surface area contributed by atoms with Crippen molar-refractivity contribution in [1.29, 1.82) is 0 Å². The molecule has 0 aliphatic heterocycles. The van der Waals surface area contributed by atoms with Crippen molar-refractivity contribution in [3.05, 3.63) is 25.3 Å². The van der Waals surface area contributed by atoms with Gasteiger partial charge in [0.25, 0.3) is 0 Å². The van der Waals surface area contributed by atoms with Gasteiger partial charge in [-0.25, -0.2) is 19.2 Å². The molecule has 4 atom stereocenters. The van der Waals surface area contributed by atoms with Gasteiger partial charge in [-0.1, -0.05) is 33.9 Å². The Hall–Kier alpha value is -3.04. The van der Waals surface area contributed by atoms with Gasteiger partial charge in [0.1, 0.15) is 18.8 Å². The average molecular weight is 497 g/mol. The number of alkyl carbamates (subject to hydrolysis) is 2. The molecule has 10 nitrogen and oxygen atoms in total. The van der Waals surface area contributed by atoms with Crippen LogP contribution < -0.4 is 10.6 Å². The standard InChI is InChI=1S/C25H40N2O8/c1-8-20(28)32-11-10-17(3)34-23(31)27-19-12-24(5,6)15-25(7,13-19)16-26-22(30)35-18(4)14-33-21(29)9-2/h8-9,17-19H,1-2,10-16H2,3-7H3,(H,26,30)(H,27,31). The van der Waals surface area contributed by atoms with E-state index in [1.165, 1.54) is 0 Å². The van der Waals surface area contributed by atoms with Crippen molar-refractivity contribution in [2.75, 3.05) is 19.8 Å². The van der Waals surface area contributed by atoms with Crippen molar-refractivity contribution < 1.29 is 38.1 Å². The molecule has 2 N–H and O–H groups in total. The Balaban J connectivity index is 2.54. The lowest BCUT2D eigenvalue weighted by atomic mass is 9.62. The van der Waals surface area contributed by atoms with Gasteiger partial charge in [0.15, 0.2) is 0 Å². The van der Waals surface area contributed by atoms with E-state index in [0.29, 0.717) is 19.4 Å². The van der Waals surface area contributed by atoms with Crippen LogP contribution in [0.5, 0.6) is 0 Å². The van der Waals surface area contributed by atoms with E-state index in [-0.39, 0.29) is 30.1 Å². The van der Waals surface area contributed by atoms with Crippen molar-refractivity contribution in [1.82, 2.24) is 10.6 Å². The minimum absolute atomic E-state index is 0.0637. The number of carbonyl (C=O) groups is 4. The summed E-state index contributed by atoms with van der Waals surface area (Å²) in [6.07, 6.45) is 2.56. The molecular weight excluding hydrogens is 456 g/mol. The lowest BCUT2D eigenvalue weighted by molar-refractivity contribution is -0.140. The Bertz CT molecular complexity index is 781. The van der Waals surface area contributed by atoms with E-state index in [1.54, 1.807) is 13.8 Å². The third-order valence-corrected chi connectivity index (χ3v) is 5.60. The molecule has 1 saturated carbocycles. The minimum Gasteiger partial charge on any atom is -0.462 e. The summed E-state index contributed by atoms with van der Waals surface area (Å²) in [6, 6.07) is -0.142. The van der Waals surface area contributed by atoms with Crippen LogP contribution >= 0.6 is 0 Å². The summed E-state index contributed by atoms with van der Waals surface area (Å²) in [5, 5.41) is 5.73. The van der Waals surface area contributed by atoms with Crippen molar-refractivity contribution in [3.8, 4) is 0 Å². The molecule has 35 heavy (non-hydrogen) atoms. The van der Waals surface area contributed by atoms with Gasteiger partial charge in [0.05, 0.1) is 6.61 Å². The maximum atomic E-state index is 12.4. The molecule has 0 aromatic rings. The Kier molecular flexibility index (Phi) is 11.8. The smallest absolute Gasteiger partial charge is 0.407 e. The van der Waals surface area contributed by atoms with E-state index >= 15 is 0 Å². The summed E-state index contributed by atoms with van der Waals surface area (Å²) in [5.74, 6) is -1.10. The SMILES string of the molecule is C=CC(=O)OCCC(C)OC(=O)NC1CC(C)(C)CC(C)(CNC(=O)OC(C)COC(=O)C=C)C1. The van der Waals surface area contributed by atoms with Crippen molar-refractivity contribution >= 4 is 24.1 Å². The molecule has 4 unspecified atom stereocenters. The maximum absolute atomic E-state index is 12.4. The Morgan fingerprint density at radius 3 is 2.17 bits per heavy atom. The normalized spacial score (nSPS) is 22.5. The van der Waals surface area contributed by atoms with Crippen LogP contribution in [0.1, 0.15) is 60.3 Å². The number of esters is 2. The molecule has 198 valence electrons. The van der Waals surface area contributed by atoms with Crippen molar-refractivity contribution in [2.24, 2.45) is 10.8 Å². The van der Waals surface area contributed by atoms with E-state index in [0.717, 1.165) is 25.0 Å². The molecule has 1 aliphatic rings. The van der Waals surface area contributed by atoms with Gasteiger partial charge in [0, 0.05) is 31.2 Å². The largest absolute Gasteiger partial charge is 0.462 e. The molecule has 1 aliphatic carbocycles. The van der Waals surface area contributed by atoms with Gasteiger partial charge < -0.3 is 29.6 Å². The van der Waals surface area contributed by atoms with Crippen molar-refractivity contribution in [3.63, 3.8) is 0 Å². The number of hydrogen-bond donors (Lipinski definition) is 2. The highest BCUT2D eigenvalue weighted by molar-refractivity contribution is 5.81. The highest BCUT2D eigenvalue weighted by atomic mass is 16.6. The predicted octanol–water partition coefficient (Wildman–Crippen LogP) is 3.65. The molecule has 1 fully saturated rings. The van der Waals surface area contributed by atoms with Gasteiger partial charge >= 0.3 is 24.1 Å². The fourth-order valence-electron chi connectivity index (χ4n) is 4.50. The summed E-state index contributed by atoms with van der Waals surface area (Å²) in [5.41, 5.74) is -0.366. The fraction of sp³-hybridized carbons (Fsp3) is 0.680. The molecule has 0 aromatic heterocycles. The van der Waals surface area contributed by atoms with Crippen LogP contribution in [0.4, 0.5) is 9.59 Å². The second kappa shape index (κ2) is 13.7. The first kappa shape index (κ1) is 30.0. The maximum Gasteiger partial charge on any atom is 0.407 e. The molecule has 1 rings (SSSR count). The summed E-state index contributed by atoms with van der Waals surface area (Å²) in [7, 11) is 0. The van der Waals surface area contributed by atoms with E-state index < -0.39 is 36.3 Å². The molecule has 0 aromatic carbocycles. The molecule has 0 bridgehead atoms. The second-order valence-electron chi connectivity index (χ2n) is 10.2. The zero-order valence-corrected chi connectivity index (χ0v) is 21.5. The first-order chi connectivity index (χ1) is 16.3. The fourth-order valence-corrected chi connectivity index (χ4v) is 4.50. The first-order valence-corrected chi connectivity index (χ1v) is 11.8. The summed E-state index contributed by atoms with van der Waals surface area (Å²) in [6.45, 7) is 16.7. The quantitative estimate of drug-likeness (QED) is 0.238. The minimum atomic E-state index is -0.610. The Morgan fingerprint density at radius 2 is 1.54 bits per heavy atom. The van der Waals surface area contributed by atoms with Gasteiger partial charge in [-0.2, -0.15) is 0 Å². The number of ether oxygens (including phenoxy) is 4. The zero-order chi connectivity index (χ0) is 26.6. The van der Waals surface area contributed by atoms with E-state index in [9.17, 15) is 19.2 Å². The summed E-state index contributed by atoms with van der Waals surface area (Å²) < 4.78 is 20.4. The van der Waals surface area contributed by atoms with E-state index in [2.05, 4.69) is 44.6 Å². The highest BCUT2D eigenvalue weighted by Gasteiger charge is 2.42. The number of amides is 2. The molecule has 0 spiro atoms. The summed E-state index contributed by atoms with van der Waals surface area (Å²) in [4.78, 5) is 46.9. The third-order valence-electron chi connectivity index (χ3n) is 5.60. The molecular formula is C25H40N2O8. The topological polar surface area (TPSA) is 129 Å². The van der Waals surface area contributed by atoms with Gasteiger partial charge in [-0.15, -0.1) is 0 Å². The number of nitrogens with one attached hydrogen (secondary N) is 2. The lowest BCUT2D eigenvalue weighted by Gasteiger charge is -2.46. The van der Waals surface area contributed by atoms with Gasteiger partial charge in [0.2, 0.25) is 0 Å². The van der Waals surface area contributed by atoms with Gasteiger partial charge in [-0.05, 0) is 43.9 Å². The predicted molar refractivity (Wildman–Crippen MR) is 129 cm³/mol. The number of rotatable bonds is 12. The van der Waals surface area contributed by atoms with Crippen molar-refractivity contribution in [2.45, 2.75) is 78.6 Å². The van der Waals surface area contributed by atoms with Crippen LogP contribution in [0.15, 0.2) is 25.3 Å². The van der Waals surface area contributed by atoms with Crippen LogP contribution in [-0.2, 0) is 28.5 Å². The van der Waals surface area contributed by atoms with Gasteiger partial charge in [-0.3, -0.25) is 0 Å². The van der Waals surface area contributed by atoms with Crippen LogP contribution in [-0.4, -0.2) is 62.1 Å². The van der Waals surface area contributed by atoms with E-state index in [1.807, 2.05) is 0 Å². The van der Waals surface area contributed by atoms with Crippen LogP contribution in [0, 0.1) is 10.8 Å². The monoisotopic (exact) mass is 496 g/mol. The number of carbonyl (C=O) groups excluding carboxylic acids is 4. The molecule has 2 amide bonds. The Morgan fingerprint density at radius 1 is 0.943 bits per heavy atom. The highest BCUT2D eigenvalue weighted by Crippen LogP contribution is 2.45. The number of hydrogen-bond acceptors (Lipinski definition) is 8. The van der Waals surface area contributed by atoms with E-state index in [4.69, 9.17) is 18.9 Å². The molecule has 0 heterocycles. The molecule has 0 saturated heterocycles. The Labute approximate surface area is 207 Å². The zero-order valence-electron chi connectivity index (χ0n) is 21.5. The average Bonchev–Trinajstić information content (AvgIpc) is 2.74. The molecule has 10 heteroatoms. The molecule has 0 radical (unpaired) electrons. The van der Waals surface area contributed by atoms with Crippen LogP contribution in [0.25, 0.3) is 0 Å². The van der Waals surface area contributed by atoms with Crippen LogP contribution in [0.3, 0.4) is 0 Å². The first-order valence-electron chi connectivity index (χ1n) is 11.8. The third kappa shape index (κ3) is 12.3. The van der Waals surface area contributed by atoms with Crippen LogP contribution in [0.2, 0.25) is 0 Å². The summed E-state index contributed by atoms with van der Waals surface area (Å²) >= 11 is 0. The second-order valence-corrected chi connectivity index (χ2v) is 10.2. The lowest BCUT2D eigenvalue weighted by Crippen LogP contribution is -2.51.